The summed E-state index contributed by atoms with van der Waals surface area (Å²) in [7, 11) is 0. The lowest BCUT2D eigenvalue weighted by Crippen LogP contribution is -1.98. The first-order chi connectivity index (χ1) is 32.7. The minimum atomic E-state index is 0.728. The molecule has 0 unspecified atom stereocenters. The fraction of sp³-hybridized carbons (Fsp3) is 0.0820. The van der Waals surface area contributed by atoms with Gasteiger partial charge in [-0.05, 0) is 102 Å². The zero-order valence-electron chi connectivity index (χ0n) is 36.6. The number of benzene rings is 5. The Morgan fingerprint density at radius 2 is 1.48 bits per heavy atom. The minimum absolute atomic E-state index is 0.728. The minimum Gasteiger partial charge on any atom is -0.316 e. The SMILES string of the molecule is C/C=C(\C=C/c1cn(-c2cc(-c3ccc(-c4nc(C5=CCCC=C5)cc(-c5ccccc5)n4)cc3)c3sc4ccccc4c3c2)c2ccc3c4c(sc3c12)C=CC=CC4)C1=CCC=CC=C1. The molecule has 5 aromatic carbocycles. The first kappa shape index (κ1) is 40.1. The van der Waals surface area contributed by atoms with Crippen LogP contribution in [0.25, 0.3) is 98.3 Å². The van der Waals surface area contributed by atoms with Crippen molar-refractivity contribution in [3.05, 3.63) is 227 Å². The van der Waals surface area contributed by atoms with E-state index in [1.807, 2.05) is 28.7 Å². The van der Waals surface area contributed by atoms with Gasteiger partial charge in [0.1, 0.15) is 0 Å². The molecule has 0 bridgehead atoms. The normalized spacial score (nSPS) is 15.0. The van der Waals surface area contributed by atoms with Crippen molar-refractivity contribution in [2.24, 2.45) is 0 Å². The molecule has 66 heavy (non-hydrogen) atoms. The van der Waals surface area contributed by atoms with Gasteiger partial charge in [0.05, 0.1) is 16.9 Å². The van der Waals surface area contributed by atoms with Gasteiger partial charge in [0.25, 0.3) is 0 Å². The van der Waals surface area contributed by atoms with Crippen LogP contribution in [0, 0.1) is 0 Å². The van der Waals surface area contributed by atoms with E-state index in [0.29, 0.717) is 0 Å². The van der Waals surface area contributed by atoms with Crippen molar-refractivity contribution in [3.8, 4) is 39.5 Å². The Morgan fingerprint density at radius 1 is 0.652 bits per heavy atom. The number of thiophene rings is 2. The lowest BCUT2D eigenvalue weighted by Gasteiger charge is -2.13. The molecule has 4 aromatic heterocycles. The van der Waals surface area contributed by atoms with Crippen molar-refractivity contribution >= 4 is 81.6 Å². The van der Waals surface area contributed by atoms with Crippen LogP contribution in [-0.4, -0.2) is 14.5 Å². The van der Waals surface area contributed by atoms with Crippen LogP contribution < -0.4 is 0 Å². The molecule has 3 nitrogen and oxygen atoms in total. The number of fused-ring (bicyclic) bond motifs is 8. The highest BCUT2D eigenvalue weighted by Gasteiger charge is 2.21. The van der Waals surface area contributed by atoms with E-state index >= 15 is 0 Å². The van der Waals surface area contributed by atoms with E-state index < -0.39 is 0 Å². The summed E-state index contributed by atoms with van der Waals surface area (Å²) in [4.78, 5) is 11.7. The van der Waals surface area contributed by atoms with E-state index in [1.165, 1.54) is 73.9 Å². The number of rotatable bonds is 8. The third-order valence-electron chi connectivity index (χ3n) is 13.0. The lowest BCUT2D eigenvalue weighted by atomic mass is 9.99. The molecular weight excluding hydrogens is 839 g/mol. The predicted molar refractivity (Wildman–Crippen MR) is 285 cm³/mol. The van der Waals surface area contributed by atoms with Gasteiger partial charge in [-0.2, -0.15) is 0 Å². The number of allylic oxidation sites excluding steroid dienone is 16. The van der Waals surface area contributed by atoms with E-state index in [9.17, 15) is 0 Å². The molecule has 0 saturated heterocycles. The van der Waals surface area contributed by atoms with E-state index in [2.05, 4.69) is 212 Å². The van der Waals surface area contributed by atoms with Crippen LogP contribution in [0.3, 0.4) is 0 Å². The van der Waals surface area contributed by atoms with Crippen LogP contribution in [0.4, 0.5) is 0 Å². The molecule has 3 aliphatic rings. The topological polar surface area (TPSA) is 30.7 Å². The Bertz CT molecular complexity index is 3680. The van der Waals surface area contributed by atoms with Crippen LogP contribution in [-0.2, 0) is 6.42 Å². The molecule has 12 rings (SSSR count). The third kappa shape index (κ3) is 7.31. The molecule has 0 radical (unpaired) electrons. The number of hydrogen-bond acceptors (Lipinski definition) is 4. The van der Waals surface area contributed by atoms with E-state index in [1.54, 1.807) is 0 Å². The average molecular weight is 884 g/mol. The molecular formula is C61H45N3S2. The maximum atomic E-state index is 5.17. The molecule has 0 amide bonds. The molecule has 0 atom stereocenters. The van der Waals surface area contributed by atoms with Gasteiger partial charge in [0, 0.05) is 69.3 Å². The fourth-order valence-corrected chi connectivity index (χ4v) is 12.2. The van der Waals surface area contributed by atoms with Gasteiger partial charge < -0.3 is 4.57 Å². The van der Waals surface area contributed by atoms with E-state index in [-0.39, 0.29) is 0 Å². The molecule has 0 fully saturated rings. The smallest absolute Gasteiger partial charge is 0.160 e. The second-order valence-corrected chi connectivity index (χ2v) is 19.1. The molecule has 0 N–H and O–H groups in total. The highest BCUT2D eigenvalue weighted by molar-refractivity contribution is 7.26. The second-order valence-electron chi connectivity index (χ2n) is 17.0. The van der Waals surface area contributed by atoms with Crippen LogP contribution >= 0.6 is 22.7 Å². The van der Waals surface area contributed by atoms with Crippen LogP contribution in [0.15, 0.2) is 206 Å². The summed E-state index contributed by atoms with van der Waals surface area (Å²) in [6.07, 6.45) is 39.8. The van der Waals surface area contributed by atoms with Crippen molar-refractivity contribution in [2.45, 2.75) is 32.6 Å². The third-order valence-corrected chi connectivity index (χ3v) is 15.4. The van der Waals surface area contributed by atoms with Gasteiger partial charge in [-0.1, -0.05) is 164 Å². The first-order valence-corrected chi connectivity index (χ1v) is 24.5. The van der Waals surface area contributed by atoms with Crippen molar-refractivity contribution in [2.75, 3.05) is 0 Å². The number of hydrogen-bond donors (Lipinski definition) is 0. The highest BCUT2D eigenvalue weighted by Crippen LogP contribution is 2.45. The summed E-state index contributed by atoms with van der Waals surface area (Å²) in [5.41, 5.74) is 14.9. The van der Waals surface area contributed by atoms with Gasteiger partial charge in [-0.15, -0.1) is 22.7 Å². The van der Waals surface area contributed by atoms with Gasteiger partial charge in [0.2, 0.25) is 0 Å². The zero-order chi connectivity index (χ0) is 44.0. The molecule has 5 heteroatoms. The summed E-state index contributed by atoms with van der Waals surface area (Å²) < 4.78 is 6.34. The molecule has 0 spiro atoms. The number of nitrogens with zero attached hydrogens (tertiary/aromatic N) is 3. The second kappa shape index (κ2) is 17.2. The lowest BCUT2D eigenvalue weighted by molar-refractivity contribution is 1.03. The summed E-state index contributed by atoms with van der Waals surface area (Å²) in [6.45, 7) is 2.14. The summed E-state index contributed by atoms with van der Waals surface area (Å²) in [6, 6.07) is 39.8. The van der Waals surface area contributed by atoms with Crippen molar-refractivity contribution in [3.63, 3.8) is 0 Å². The predicted octanol–water partition coefficient (Wildman–Crippen LogP) is 17.3. The van der Waals surface area contributed by atoms with Crippen LogP contribution in [0.5, 0.6) is 0 Å². The molecule has 316 valence electrons. The van der Waals surface area contributed by atoms with Crippen molar-refractivity contribution < 1.29 is 0 Å². The molecule has 0 saturated carbocycles. The zero-order valence-corrected chi connectivity index (χ0v) is 38.2. The fourth-order valence-electron chi connectivity index (χ4n) is 9.65. The number of aromatic nitrogens is 3. The highest BCUT2D eigenvalue weighted by atomic mass is 32.1. The van der Waals surface area contributed by atoms with Crippen molar-refractivity contribution in [1.82, 2.24) is 14.5 Å². The van der Waals surface area contributed by atoms with Gasteiger partial charge >= 0.3 is 0 Å². The Morgan fingerprint density at radius 3 is 2.36 bits per heavy atom. The largest absolute Gasteiger partial charge is 0.316 e. The summed E-state index contributed by atoms with van der Waals surface area (Å²) >= 11 is 3.79. The van der Waals surface area contributed by atoms with E-state index in [0.717, 1.165) is 70.8 Å². The maximum Gasteiger partial charge on any atom is 0.160 e. The monoisotopic (exact) mass is 883 g/mol. The Labute approximate surface area is 393 Å². The van der Waals surface area contributed by atoms with E-state index in [4.69, 9.17) is 9.97 Å². The van der Waals surface area contributed by atoms with Gasteiger partial charge in [-0.25, -0.2) is 9.97 Å². The van der Waals surface area contributed by atoms with Crippen molar-refractivity contribution in [1.29, 1.82) is 0 Å². The van der Waals surface area contributed by atoms with Gasteiger partial charge in [0.15, 0.2) is 5.82 Å². The summed E-state index contributed by atoms with van der Waals surface area (Å²) in [5, 5.41) is 5.18. The molecule has 4 heterocycles. The maximum absolute atomic E-state index is 5.17. The Hall–Kier alpha value is -7.44. The Kier molecular flexibility index (Phi) is 10.4. The Balaban J connectivity index is 1.02. The summed E-state index contributed by atoms with van der Waals surface area (Å²) in [5.74, 6) is 0.728. The standard InChI is InChI=1S/C61H45N3S2/c1-2-40(41-18-8-3-4-9-19-41)28-33-46-39-64(55-35-34-50-48-24-14-7-15-26-56(48)66-60(50)58(46)55)47-36-51(59-52(37-47)49-25-16-17-27-57(49)65-59)42-29-31-45(32-30-42)61-62-53(43-20-10-5-11-21-43)38-54(63-61)44-22-12-6-13-23-44/h2-5,7-8,10-12,14-23,25-39H,6,9,13,24H2,1H3/b33-28-,40-2+. The quantitative estimate of drug-likeness (QED) is 0.142. The first-order valence-electron chi connectivity index (χ1n) is 22.9. The van der Waals surface area contributed by atoms with Crippen LogP contribution in [0.1, 0.15) is 47.9 Å². The van der Waals surface area contributed by atoms with Gasteiger partial charge in [-0.3, -0.25) is 0 Å². The molecule has 3 aliphatic carbocycles. The molecule has 0 aliphatic heterocycles. The average Bonchev–Trinajstić information content (AvgIpc) is 3.89. The molecule has 9 aromatic rings. The van der Waals surface area contributed by atoms with Crippen LogP contribution in [0.2, 0.25) is 0 Å².